The van der Waals surface area contributed by atoms with Crippen molar-refractivity contribution >= 4 is 23.7 Å². The van der Waals surface area contributed by atoms with E-state index in [1.54, 1.807) is 0 Å². The van der Waals surface area contributed by atoms with Crippen LogP contribution in [0, 0.1) is 10.8 Å². The summed E-state index contributed by atoms with van der Waals surface area (Å²) in [5.74, 6) is -2.00. The summed E-state index contributed by atoms with van der Waals surface area (Å²) in [7, 11) is 0. The third-order valence-corrected chi connectivity index (χ3v) is 1.77. The molecule has 1 rings (SSSR count). The second kappa shape index (κ2) is 3.32. The topological polar surface area (TPSA) is 140 Å². The van der Waals surface area contributed by atoms with Gasteiger partial charge in [-0.3, -0.25) is 30.2 Å². The van der Waals surface area contributed by atoms with Crippen LogP contribution in [0.2, 0.25) is 0 Å². The number of piperazine rings is 1. The summed E-state index contributed by atoms with van der Waals surface area (Å²) < 4.78 is 0. The van der Waals surface area contributed by atoms with Crippen molar-refractivity contribution in [2.45, 2.75) is 0 Å². The number of carbonyl (C=O) groups excluding carboxylic acids is 2. The fourth-order valence-corrected chi connectivity index (χ4v) is 1.06. The molecule has 0 atom stereocenters. The Morgan fingerprint density at radius 1 is 1.00 bits per heavy atom. The van der Waals surface area contributed by atoms with E-state index in [-0.39, 0.29) is 13.1 Å². The third-order valence-electron chi connectivity index (χ3n) is 1.77. The number of carbonyl (C=O) groups is 2. The molecule has 0 aromatic carbocycles. The van der Waals surface area contributed by atoms with Crippen molar-refractivity contribution in [1.29, 1.82) is 10.8 Å². The van der Waals surface area contributed by atoms with Gasteiger partial charge in [0.25, 0.3) is 0 Å². The highest BCUT2D eigenvalue weighted by molar-refractivity contribution is 6.08. The first-order chi connectivity index (χ1) is 6.43. The molecule has 0 bridgehead atoms. The van der Waals surface area contributed by atoms with Crippen LogP contribution in [0.5, 0.6) is 0 Å². The van der Waals surface area contributed by atoms with Crippen LogP contribution in [0.4, 0.5) is 0 Å². The lowest BCUT2D eigenvalue weighted by molar-refractivity contribution is -0.142. The van der Waals surface area contributed by atoms with Crippen LogP contribution in [0.1, 0.15) is 0 Å². The second-order valence-electron chi connectivity index (χ2n) is 2.73. The number of nitrogens with zero attached hydrogens (tertiary/aromatic N) is 2. The smallest absolute Gasteiger partial charge is 0.249 e. The summed E-state index contributed by atoms with van der Waals surface area (Å²) in [5.41, 5.74) is 10.1. The lowest BCUT2D eigenvalue weighted by atomic mass is 10.3. The monoisotopic (exact) mass is 198 g/mol. The predicted molar refractivity (Wildman–Crippen MR) is 47.3 cm³/mol. The molecule has 1 saturated heterocycles. The summed E-state index contributed by atoms with van der Waals surface area (Å²) in [4.78, 5) is 24.2. The Hall–Kier alpha value is -2.12. The summed E-state index contributed by atoms with van der Waals surface area (Å²) in [6.45, 7) is -0.679. The molecule has 8 heteroatoms. The maximum Gasteiger partial charge on any atom is 0.249 e. The van der Waals surface area contributed by atoms with Crippen LogP contribution in [0.15, 0.2) is 0 Å². The van der Waals surface area contributed by atoms with Crippen molar-refractivity contribution in [1.82, 2.24) is 9.80 Å². The second-order valence-corrected chi connectivity index (χ2v) is 2.73. The molecule has 0 unspecified atom stereocenters. The van der Waals surface area contributed by atoms with E-state index < -0.39 is 23.7 Å². The van der Waals surface area contributed by atoms with Gasteiger partial charge in [-0.1, -0.05) is 0 Å². The molecule has 0 spiro atoms. The molecule has 8 nitrogen and oxygen atoms in total. The van der Waals surface area contributed by atoms with E-state index in [0.717, 1.165) is 9.80 Å². The van der Waals surface area contributed by atoms with E-state index in [0.29, 0.717) is 0 Å². The average molecular weight is 198 g/mol. The average Bonchev–Trinajstić information content (AvgIpc) is 2.07. The Kier molecular flexibility index (Phi) is 2.36. The summed E-state index contributed by atoms with van der Waals surface area (Å²) >= 11 is 0. The molecule has 14 heavy (non-hydrogen) atoms. The van der Waals surface area contributed by atoms with Gasteiger partial charge in [-0.15, -0.1) is 0 Å². The molecule has 1 fully saturated rings. The highest BCUT2D eigenvalue weighted by Gasteiger charge is 2.32. The van der Waals surface area contributed by atoms with Gasteiger partial charge in [0.15, 0.2) is 11.9 Å². The van der Waals surface area contributed by atoms with Crippen molar-refractivity contribution in [2.24, 2.45) is 11.5 Å². The van der Waals surface area contributed by atoms with E-state index in [9.17, 15) is 9.59 Å². The van der Waals surface area contributed by atoms with E-state index >= 15 is 0 Å². The first kappa shape index (κ1) is 9.96. The first-order valence-electron chi connectivity index (χ1n) is 3.72. The van der Waals surface area contributed by atoms with Gasteiger partial charge < -0.3 is 11.5 Å². The van der Waals surface area contributed by atoms with Crippen molar-refractivity contribution in [3.8, 4) is 0 Å². The van der Waals surface area contributed by atoms with Gasteiger partial charge >= 0.3 is 0 Å². The molecule has 76 valence electrons. The zero-order valence-corrected chi connectivity index (χ0v) is 7.28. The van der Waals surface area contributed by atoms with E-state index in [1.165, 1.54) is 0 Å². The largest absolute Gasteiger partial charge is 0.370 e. The minimum atomic E-state index is -0.521. The Bertz CT molecular complexity index is 292. The highest BCUT2D eigenvalue weighted by atomic mass is 16.2. The third kappa shape index (κ3) is 1.63. The summed E-state index contributed by atoms with van der Waals surface area (Å²) in [5, 5.41) is 14.0. The van der Waals surface area contributed by atoms with Gasteiger partial charge in [0.05, 0.1) is 0 Å². The molecule has 6 N–H and O–H groups in total. The van der Waals surface area contributed by atoms with E-state index in [4.69, 9.17) is 22.3 Å². The Morgan fingerprint density at radius 3 is 1.50 bits per heavy atom. The van der Waals surface area contributed by atoms with Gasteiger partial charge in [-0.05, 0) is 0 Å². The zero-order chi connectivity index (χ0) is 10.9. The van der Waals surface area contributed by atoms with E-state index in [1.807, 2.05) is 0 Å². The summed E-state index contributed by atoms with van der Waals surface area (Å²) in [6, 6.07) is 0. The molecule has 0 aromatic rings. The minimum Gasteiger partial charge on any atom is -0.370 e. The van der Waals surface area contributed by atoms with Crippen LogP contribution in [0.3, 0.4) is 0 Å². The van der Waals surface area contributed by atoms with Crippen LogP contribution in [-0.4, -0.2) is 46.6 Å². The van der Waals surface area contributed by atoms with Crippen molar-refractivity contribution in [3.05, 3.63) is 0 Å². The maximum absolute atomic E-state index is 11.3. The molecular weight excluding hydrogens is 188 g/mol. The normalized spacial score (nSPS) is 17.1. The number of nitrogens with two attached hydrogens (primary N) is 2. The lowest BCUT2D eigenvalue weighted by Crippen LogP contribution is -2.59. The molecule has 0 saturated carbocycles. The highest BCUT2D eigenvalue weighted by Crippen LogP contribution is 2.03. The number of rotatable bonds is 0. The number of nitrogens with one attached hydrogen (secondary N) is 2. The van der Waals surface area contributed by atoms with Crippen LogP contribution < -0.4 is 11.5 Å². The zero-order valence-electron chi connectivity index (χ0n) is 7.28. The van der Waals surface area contributed by atoms with Crippen molar-refractivity contribution < 1.29 is 9.59 Å². The van der Waals surface area contributed by atoms with Gasteiger partial charge in [0.2, 0.25) is 11.8 Å². The Morgan fingerprint density at radius 2 is 1.29 bits per heavy atom. The molecular formula is C6H10N6O2. The summed E-state index contributed by atoms with van der Waals surface area (Å²) in [6.07, 6.45) is 0. The SMILES string of the molecule is N=C(N)N1CC(=O)N(C(=N)N)CC1=O. The number of hydrogen-bond acceptors (Lipinski definition) is 4. The molecule has 0 radical (unpaired) electrons. The fraction of sp³-hybridized carbons (Fsp3) is 0.333. The first-order valence-corrected chi connectivity index (χ1v) is 3.72. The Labute approximate surface area is 79.5 Å². The fourth-order valence-electron chi connectivity index (χ4n) is 1.06. The molecule has 1 aliphatic heterocycles. The van der Waals surface area contributed by atoms with Crippen LogP contribution in [0.25, 0.3) is 0 Å². The van der Waals surface area contributed by atoms with E-state index in [2.05, 4.69) is 0 Å². The van der Waals surface area contributed by atoms with Crippen molar-refractivity contribution in [2.75, 3.05) is 13.1 Å². The Balaban J connectivity index is 2.82. The maximum atomic E-state index is 11.3. The van der Waals surface area contributed by atoms with Crippen LogP contribution >= 0.6 is 0 Å². The van der Waals surface area contributed by atoms with Crippen molar-refractivity contribution in [3.63, 3.8) is 0 Å². The number of guanidine groups is 2. The standard InChI is InChI=1S/C6H10N6O2/c7-5(8)11-1-3(13)12(6(9)10)2-4(11)14/h1-2H2,(H3,7,8)(H3,9,10). The number of amides is 2. The number of hydrogen-bond donors (Lipinski definition) is 4. The molecule has 2 amide bonds. The van der Waals surface area contributed by atoms with Gasteiger partial charge in [-0.2, -0.15) is 0 Å². The van der Waals surface area contributed by atoms with Crippen LogP contribution in [-0.2, 0) is 9.59 Å². The molecule has 0 aromatic heterocycles. The molecule has 0 aliphatic carbocycles. The predicted octanol–water partition coefficient (Wildman–Crippen LogP) is -2.56. The lowest BCUT2D eigenvalue weighted by Gasteiger charge is -2.31. The van der Waals surface area contributed by atoms with Gasteiger partial charge in [0, 0.05) is 0 Å². The van der Waals surface area contributed by atoms with Gasteiger partial charge in [0.1, 0.15) is 13.1 Å². The van der Waals surface area contributed by atoms with Gasteiger partial charge in [-0.25, -0.2) is 0 Å². The quantitative estimate of drug-likeness (QED) is 0.251. The molecule has 1 heterocycles. The molecule has 1 aliphatic rings. The minimum absolute atomic E-state index is 0.340.